The molecule has 1 amide bonds. The summed E-state index contributed by atoms with van der Waals surface area (Å²) in [5.74, 6) is 2.15. The fourth-order valence-electron chi connectivity index (χ4n) is 6.26. The summed E-state index contributed by atoms with van der Waals surface area (Å²) in [7, 11) is 1.73. The number of rotatable bonds is 4. The smallest absolute Gasteiger partial charge is 0.219 e. The zero-order valence-corrected chi connectivity index (χ0v) is 16.4. The van der Waals surface area contributed by atoms with Gasteiger partial charge in [0, 0.05) is 24.6 Å². The predicted octanol–water partition coefficient (Wildman–Crippen LogP) is 4.10. The van der Waals surface area contributed by atoms with Crippen molar-refractivity contribution in [2.24, 2.45) is 22.7 Å². The summed E-state index contributed by atoms with van der Waals surface area (Å²) in [6, 6.07) is 8.46. The van der Waals surface area contributed by atoms with Crippen LogP contribution in [0.4, 0.5) is 0 Å². The average molecular weight is 357 g/mol. The molecule has 1 N–H and O–H groups in total. The van der Waals surface area contributed by atoms with Crippen LogP contribution in [0.5, 0.6) is 5.75 Å². The summed E-state index contributed by atoms with van der Waals surface area (Å²) in [6.07, 6.45) is 4.02. The number of hydrogen-bond acceptors (Lipinski definition) is 3. The molecule has 1 aromatic rings. The van der Waals surface area contributed by atoms with Gasteiger partial charge in [-0.2, -0.15) is 0 Å². The molecule has 4 nitrogen and oxygen atoms in total. The van der Waals surface area contributed by atoms with Crippen LogP contribution in [0.3, 0.4) is 0 Å². The van der Waals surface area contributed by atoms with Gasteiger partial charge in [-0.25, -0.2) is 0 Å². The fraction of sp³-hybridized carbons (Fsp3) is 0.682. The Hall–Kier alpha value is -1.55. The van der Waals surface area contributed by atoms with Crippen LogP contribution in [0.1, 0.15) is 58.1 Å². The van der Waals surface area contributed by atoms with E-state index < -0.39 is 0 Å². The number of carbonyl (C=O) groups excluding carboxylic acids is 1. The number of nitrogens with one attached hydrogen (secondary N) is 1. The topological polar surface area (TPSA) is 47.6 Å². The fourth-order valence-corrected chi connectivity index (χ4v) is 6.26. The van der Waals surface area contributed by atoms with Crippen molar-refractivity contribution in [3.05, 3.63) is 29.8 Å². The number of fused-ring (bicyclic) bond motifs is 1. The molecule has 26 heavy (non-hydrogen) atoms. The molecule has 1 spiro atoms. The maximum absolute atomic E-state index is 12.3. The number of para-hydroxylation sites is 1. The van der Waals surface area contributed by atoms with Gasteiger partial charge in [-0.15, -0.1) is 0 Å². The van der Waals surface area contributed by atoms with Crippen molar-refractivity contribution in [3.8, 4) is 5.75 Å². The zero-order chi connectivity index (χ0) is 18.5. The maximum atomic E-state index is 12.3. The van der Waals surface area contributed by atoms with Gasteiger partial charge in [0.25, 0.3) is 0 Å². The van der Waals surface area contributed by atoms with Gasteiger partial charge in [-0.05, 0) is 48.0 Å². The monoisotopic (exact) mass is 357 g/mol. The second-order valence-corrected chi connectivity index (χ2v) is 8.94. The highest BCUT2D eigenvalue weighted by Gasteiger charge is 2.68. The second kappa shape index (κ2) is 6.26. The Bertz CT molecular complexity index is 700. The lowest BCUT2D eigenvalue weighted by Crippen LogP contribution is -2.58. The van der Waals surface area contributed by atoms with E-state index in [2.05, 4.69) is 31.3 Å². The summed E-state index contributed by atoms with van der Waals surface area (Å²) in [4.78, 5) is 12.3. The quantitative estimate of drug-likeness (QED) is 0.882. The Morgan fingerprint density at radius 3 is 2.85 bits per heavy atom. The van der Waals surface area contributed by atoms with Crippen molar-refractivity contribution in [1.29, 1.82) is 0 Å². The molecule has 2 aliphatic carbocycles. The van der Waals surface area contributed by atoms with E-state index in [1.807, 2.05) is 19.1 Å². The molecule has 4 rings (SSSR count). The molecule has 4 heteroatoms. The van der Waals surface area contributed by atoms with Gasteiger partial charge in [0.2, 0.25) is 5.91 Å². The summed E-state index contributed by atoms with van der Waals surface area (Å²) in [5, 5.41) is 3.42. The summed E-state index contributed by atoms with van der Waals surface area (Å²) < 4.78 is 11.9. The van der Waals surface area contributed by atoms with E-state index in [1.54, 1.807) is 7.11 Å². The first-order valence-corrected chi connectivity index (χ1v) is 9.98. The molecular formula is C22H31NO3. The van der Waals surface area contributed by atoms with Crippen molar-refractivity contribution in [2.45, 2.75) is 58.6 Å². The van der Waals surface area contributed by atoms with E-state index >= 15 is 0 Å². The number of hydrogen-bond donors (Lipinski definition) is 1. The van der Waals surface area contributed by atoms with Crippen LogP contribution in [0.2, 0.25) is 0 Å². The predicted molar refractivity (Wildman–Crippen MR) is 101 cm³/mol. The standard InChI is InChI=1S/C22H31NO3/c1-5-18(24)23-20-21(2,3)14-12-16-19(26-11-10-22(16,20)13-14)15-8-6-7-9-17(15)25-4/h6-9,14,16,19-20H,5,10-13H2,1-4H3,(H,23,24)/t14-,16-,19-,20-,22-/m1/s1. The second-order valence-electron chi connectivity index (χ2n) is 8.94. The Kier molecular flexibility index (Phi) is 4.30. The van der Waals surface area contributed by atoms with Crippen LogP contribution in [0, 0.1) is 22.7 Å². The summed E-state index contributed by atoms with van der Waals surface area (Å²) in [5.41, 5.74) is 1.44. The van der Waals surface area contributed by atoms with E-state index in [-0.39, 0.29) is 28.9 Å². The van der Waals surface area contributed by atoms with Gasteiger partial charge in [-0.3, -0.25) is 4.79 Å². The number of ether oxygens (including phenoxy) is 2. The Labute approximate surface area is 156 Å². The third kappa shape index (κ3) is 2.41. The van der Waals surface area contributed by atoms with Crippen LogP contribution >= 0.6 is 0 Å². The molecular weight excluding hydrogens is 326 g/mol. The van der Waals surface area contributed by atoms with Crippen molar-refractivity contribution in [3.63, 3.8) is 0 Å². The molecule has 0 aromatic heterocycles. The third-order valence-electron chi connectivity index (χ3n) is 7.58. The van der Waals surface area contributed by atoms with E-state index in [9.17, 15) is 4.79 Å². The van der Waals surface area contributed by atoms with Gasteiger partial charge in [0.15, 0.2) is 0 Å². The maximum Gasteiger partial charge on any atom is 0.219 e. The van der Waals surface area contributed by atoms with E-state index in [1.165, 1.54) is 12.8 Å². The Morgan fingerprint density at radius 1 is 1.35 bits per heavy atom. The van der Waals surface area contributed by atoms with Gasteiger partial charge in [0.1, 0.15) is 5.75 Å². The number of methoxy groups -OCH3 is 1. The molecule has 5 atom stereocenters. The molecule has 3 fully saturated rings. The molecule has 1 saturated heterocycles. The van der Waals surface area contributed by atoms with Gasteiger partial charge in [-0.1, -0.05) is 39.0 Å². The molecule has 1 aliphatic heterocycles. The number of amides is 1. The summed E-state index contributed by atoms with van der Waals surface area (Å²) in [6.45, 7) is 7.38. The van der Waals surface area contributed by atoms with E-state index in [4.69, 9.17) is 9.47 Å². The van der Waals surface area contributed by atoms with Crippen molar-refractivity contribution in [1.82, 2.24) is 5.32 Å². The molecule has 2 bridgehead atoms. The lowest BCUT2D eigenvalue weighted by molar-refractivity contribution is -0.137. The summed E-state index contributed by atoms with van der Waals surface area (Å²) >= 11 is 0. The van der Waals surface area contributed by atoms with Gasteiger partial charge >= 0.3 is 0 Å². The van der Waals surface area contributed by atoms with Gasteiger partial charge < -0.3 is 14.8 Å². The van der Waals surface area contributed by atoms with Crippen molar-refractivity contribution in [2.75, 3.05) is 13.7 Å². The van der Waals surface area contributed by atoms with E-state index in [0.717, 1.165) is 24.3 Å². The highest BCUT2D eigenvalue weighted by Crippen LogP contribution is 2.70. The molecule has 3 aliphatic rings. The van der Waals surface area contributed by atoms with Crippen LogP contribution < -0.4 is 10.1 Å². The van der Waals surface area contributed by atoms with Crippen LogP contribution in [-0.2, 0) is 9.53 Å². The van der Waals surface area contributed by atoms with Crippen LogP contribution in [-0.4, -0.2) is 25.7 Å². The largest absolute Gasteiger partial charge is 0.496 e. The molecule has 0 unspecified atom stereocenters. The molecule has 1 heterocycles. The van der Waals surface area contributed by atoms with E-state index in [0.29, 0.717) is 18.3 Å². The van der Waals surface area contributed by atoms with Gasteiger partial charge in [0.05, 0.1) is 13.2 Å². The Balaban J connectivity index is 1.72. The molecule has 2 saturated carbocycles. The first-order valence-electron chi connectivity index (χ1n) is 9.98. The van der Waals surface area contributed by atoms with Crippen LogP contribution in [0.25, 0.3) is 0 Å². The highest BCUT2D eigenvalue weighted by molar-refractivity contribution is 5.76. The molecule has 142 valence electrons. The minimum Gasteiger partial charge on any atom is -0.496 e. The normalized spacial score (nSPS) is 37.2. The number of benzene rings is 1. The lowest BCUT2D eigenvalue weighted by atomic mass is 9.58. The zero-order valence-electron chi connectivity index (χ0n) is 16.4. The minimum absolute atomic E-state index is 0.0574. The average Bonchev–Trinajstić information content (AvgIpc) is 3.14. The first kappa shape index (κ1) is 17.8. The SMILES string of the molecule is CCC(=O)N[C@@H]1C(C)(C)[C@@H]2C[C@@H]3[C@@H](c4ccccc4OC)OCC[C@@]31C2. The minimum atomic E-state index is 0.0574. The number of carbonyl (C=O) groups is 1. The third-order valence-corrected chi connectivity index (χ3v) is 7.58. The lowest BCUT2D eigenvalue weighted by Gasteiger charge is -2.53. The first-order chi connectivity index (χ1) is 12.4. The highest BCUT2D eigenvalue weighted by atomic mass is 16.5. The van der Waals surface area contributed by atoms with Crippen LogP contribution in [0.15, 0.2) is 24.3 Å². The van der Waals surface area contributed by atoms with Crippen molar-refractivity contribution >= 4 is 5.91 Å². The molecule has 1 aromatic carbocycles. The Morgan fingerprint density at radius 2 is 2.12 bits per heavy atom. The van der Waals surface area contributed by atoms with Crippen molar-refractivity contribution < 1.29 is 14.3 Å². The molecule has 0 radical (unpaired) electrons.